The van der Waals surface area contributed by atoms with Gasteiger partial charge in [0.2, 0.25) is 0 Å². The quantitative estimate of drug-likeness (QED) is 0.0769. The molecule has 376 valence electrons. The predicted octanol–water partition coefficient (Wildman–Crippen LogP) is 10.8. The maximum absolute atomic E-state index is 12.4. The van der Waals surface area contributed by atoms with Gasteiger partial charge in [-0.15, -0.1) is 0 Å². The number of aryl methyl sites for hydroxylation is 3. The molecule has 1 aliphatic rings. The third-order valence-corrected chi connectivity index (χ3v) is 11.3. The molecule has 8 rings (SSSR count). The first-order valence-corrected chi connectivity index (χ1v) is 22.8. The van der Waals surface area contributed by atoms with Crippen molar-refractivity contribution in [2.75, 3.05) is 26.3 Å². The SMILES string of the molecule is CC(=O)O.CCCc1nc2c(C)cc(-c3nc4ccccc4n3C)cc2n1Cc1ccc(-c2ccccc2C(=O)O)cc1.O=C(NCC1CCCCN1)c1cc(OCC(F)(F)F)ccc1OCC(F)(F)F. The van der Waals surface area contributed by atoms with Crippen molar-refractivity contribution < 1.29 is 60.4 Å². The average molecular weight is 989 g/mol. The number of carboxylic acids is 2. The number of imidazole rings is 2. The number of rotatable bonds is 14. The Labute approximate surface area is 405 Å². The number of carbonyl (C=O) groups excluding carboxylic acids is 1. The smallest absolute Gasteiger partial charge is 0.422 e. The Kier molecular flexibility index (Phi) is 17.5. The molecule has 1 fully saturated rings. The summed E-state index contributed by atoms with van der Waals surface area (Å²) in [6.45, 7) is 3.85. The minimum absolute atomic E-state index is 0.0157. The number of benzene rings is 5. The van der Waals surface area contributed by atoms with Crippen molar-refractivity contribution in [3.05, 3.63) is 131 Å². The summed E-state index contributed by atoms with van der Waals surface area (Å²) in [7, 11) is 2.06. The summed E-state index contributed by atoms with van der Waals surface area (Å²) >= 11 is 0. The molecule has 5 aromatic carbocycles. The van der Waals surface area contributed by atoms with Crippen molar-refractivity contribution in [1.29, 1.82) is 0 Å². The number of aromatic nitrogens is 4. The number of alkyl halides is 6. The normalized spacial score (nSPS) is 13.7. The van der Waals surface area contributed by atoms with Gasteiger partial charge in [0.25, 0.3) is 11.9 Å². The zero-order valence-electron chi connectivity index (χ0n) is 39.5. The molecule has 0 saturated carbocycles. The molecule has 1 unspecified atom stereocenters. The molecule has 1 atom stereocenters. The molecule has 0 radical (unpaired) electrons. The first-order valence-electron chi connectivity index (χ1n) is 22.8. The number of carbonyl (C=O) groups is 3. The van der Waals surface area contributed by atoms with Crippen LogP contribution < -0.4 is 20.1 Å². The Bertz CT molecular complexity index is 2960. The van der Waals surface area contributed by atoms with Crippen LogP contribution in [0.15, 0.2) is 103 Å². The number of ether oxygens (including phenoxy) is 2. The van der Waals surface area contributed by atoms with Crippen molar-refractivity contribution in [2.24, 2.45) is 7.05 Å². The maximum atomic E-state index is 12.4. The second kappa shape index (κ2) is 23.5. The van der Waals surface area contributed by atoms with Crippen LogP contribution in [0.4, 0.5) is 26.3 Å². The number of halogens is 6. The van der Waals surface area contributed by atoms with Crippen molar-refractivity contribution in [3.8, 4) is 34.0 Å². The van der Waals surface area contributed by atoms with E-state index in [1.54, 1.807) is 12.1 Å². The largest absolute Gasteiger partial charge is 0.484 e. The molecule has 1 saturated heterocycles. The van der Waals surface area contributed by atoms with Crippen molar-refractivity contribution in [1.82, 2.24) is 29.7 Å². The zero-order chi connectivity index (χ0) is 51.5. The first-order chi connectivity index (χ1) is 33.7. The van der Waals surface area contributed by atoms with Crippen molar-refractivity contribution in [3.63, 3.8) is 0 Å². The topological polar surface area (TPSA) is 170 Å². The Balaban J connectivity index is 0.000000227. The van der Waals surface area contributed by atoms with E-state index < -0.39 is 49.2 Å². The van der Waals surface area contributed by atoms with Gasteiger partial charge in [0.15, 0.2) is 13.2 Å². The number of amides is 1. The third kappa shape index (κ3) is 14.6. The molecule has 13 nitrogen and oxygen atoms in total. The van der Waals surface area contributed by atoms with E-state index in [0.29, 0.717) is 12.1 Å². The lowest BCUT2D eigenvalue weighted by Gasteiger charge is -2.24. The molecule has 0 aliphatic carbocycles. The summed E-state index contributed by atoms with van der Waals surface area (Å²) in [4.78, 5) is 43.1. The number of piperidine rings is 1. The minimum Gasteiger partial charge on any atom is -0.484 e. The van der Waals surface area contributed by atoms with Crippen LogP contribution >= 0.6 is 0 Å². The van der Waals surface area contributed by atoms with E-state index in [0.717, 1.165) is 125 Å². The van der Waals surface area contributed by atoms with Gasteiger partial charge in [-0.3, -0.25) is 9.59 Å². The van der Waals surface area contributed by atoms with Crippen LogP contribution in [-0.2, 0) is 24.8 Å². The number of aliphatic carboxylic acids is 1. The van der Waals surface area contributed by atoms with Gasteiger partial charge in [-0.05, 0) is 104 Å². The van der Waals surface area contributed by atoms with Gasteiger partial charge in [-0.1, -0.05) is 67.9 Å². The second-order valence-corrected chi connectivity index (χ2v) is 16.9. The molecule has 2 aromatic heterocycles. The summed E-state index contributed by atoms with van der Waals surface area (Å²) in [5.74, 6) is -1.22. The average Bonchev–Trinajstić information content (AvgIpc) is 3.86. The number of nitrogens with zero attached hydrogens (tertiary/aromatic N) is 4. The van der Waals surface area contributed by atoms with E-state index in [-0.39, 0.29) is 23.9 Å². The van der Waals surface area contributed by atoms with Gasteiger partial charge in [-0.25, -0.2) is 14.8 Å². The molecule has 71 heavy (non-hydrogen) atoms. The molecule has 1 amide bonds. The Morgan fingerprint density at radius 1 is 0.803 bits per heavy atom. The standard InChI is InChI=1S/C33H30N4O2.C17H20F6N2O3.C2H4O2/c1-4-9-30-35-31-21(2)18-24(32-34-27-12-7-8-13-28(27)36(32)3)19-29(31)37(30)20-22-14-16-23(17-15-22)25-10-5-6-11-26(25)33(38)39;18-16(19,20)9-27-12-4-5-14(28-10-17(21,22)23)13(7-12)15(26)25-8-11-3-1-2-6-24-11;1-2(3)4/h5-8,10-19H,4,9,20H2,1-3H3,(H,38,39);4-5,7,11,24H,1-3,6,8-10H2,(H,25,26);1H3,(H,3,4). The third-order valence-electron chi connectivity index (χ3n) is 11.3. The van der Waals surface area contributed by atoms with E-state index in [4.69, 9.17) is 19.9 Å². The van der Waals surface area contributed by atoms with Crippen LogP contribution in [-0.4, -0.2) is 91.9 Å². The Hall–Kier alpha value is -7.41. The van der Waals surface area contributed by atoms with Gasteiger partial charge in [0.1, 0.15) is 23.1 Å². The highest BCUT2D eigenvalue weighted by Crippen LogP contribution is 2.32. The molecule has 7 aromatic rings. The fourth-order valence-corrected chi connectivity index (χ4v) is 8.09. The molecule has 0 bridgehead atoms. The van der Waals surface area contributed by atoms with Crippen LogP contribution in [0.25, 0.3) is 44.6 Å². The van der Waals surface area contributed by atoms with Gasteiger partial charge in [-0.2, -0.15) is 26.3 Å². The van der Waals surface area contributed by atoms with E-state index >= 15 is 0 Å². The summed E-state index contributed by atoms with van der Waals surface area (Å²) in [5, 5.41) is 22.8. The maximum Gasteiger partial charge on any atom is 0.422 e. The highest BCUT2D eigenvalue weighted by Gasteiger charge is 2.31. The van der Waals surface area contributed by atoms with Crippen LogP contribution in [0.1, 0.15) is 77.2 Å². The Morgan fingerprint density at radius 2 is 1.48 bits per heavy atom. The van der Waals surface area contributed by atoms with Crippen molar-refractivity contribution in [2.45, 2.75) is 77.8 Å². The minimum atomic E-state index is -4.63. The summed E-state index contributed by atoms with van der Waals surface area (Å²) < 4.78 is 87.8. The number of aromatic carboxylic acids is 1. The van der Waals surface area contributed by atoms with Crippen LogP contribution in [0.3, 0.4) is 0 Å². The van der Waals surface area contributed by atoms with Crippen LogP contribution in [0.5, 0.6) is 11.5 Å². The summed E-state index contributed by atoms with van der Waals surface area (Å²) in [6, 6.07) is 30.8. The number of hydrogen-bond donors (Lipinski definition) is 4. The Morgan fingerprint density at radius 3 is 2.13 bits per heavy atom. The van der Waals surface area contributed by atoms with Crippen LogP contribution in [0, 0.1) is 6.92 Å². The number of nitrogens with one attached hydrogen (secondary N) is 2. The molecular weight excluding hydrogens is 935 g/mol. The molecule has 0 spiro atoms. The molecule has 4 N–H and O–H groups in total. The monoisotopic (exact) mass is 988 g/mol. The fourth-order valence-electron chi connectivity index (χ4n) is 8.09. The predicted molar refractivity (Wildman–Crippen MR) is 257 cm³/mol. The number of fused-ring (bicyclic) bond motifs is 2. The lowest BCUT2D eigenvalue weighted by molar-refractivity contribution is -0.154. The number of hydrogen-bond acceptors (Lipinski definition) is 8. The van der Waals surface area contributed by atoms with Crippen molar-refractivity contribution >= 4 is 39.9 Å². The van der Waals surface area contributed by atoms with E-state index in [1.165, 1.54) is 0 Å². The highest BCUT2D eigenvalue weighted by molar-refractivity contribution is 5.97. The highest BCUT2D eigenvalue weighted by atomic mass is 19.4. The molecule has 3 heterocycles. The van der Waals surface area contributed by atoms with Crippen LogP contribution in [0.2, 0.25) is 0 Å². The second-order valence-electron chi connectivity index (χ2n) is 16.9. The zero-order valence-corrected chi connectivity index (χ0v) is 39.5. The number of carboxylic acid groups (broad SMARTS) is 2. The van der Waals surface area contributed by atoms with E-state index in [2.05, 4.69) is 80.5 Å². The van der Waals surface area contributed by atoms with Gasteiger partial charge >= 0.3 is 18.3 Å². The van der Waals surface area contributed by atoms with Gasteiger partial charge in [0, 0.05) is 45.1 Å². The lowest BCUT2D eigenvalue weighted by atomic mass is 9.98. The molecule has 19 heteroatoms. The first kappa shape index (κ1) is 53.0. The lowest BCUT2D eigenvalue weighted by Crippen LogP contribution is -2.43. The van der Waals surface area contributed by atoms with E-state index in [9.17, 15) is 41.0 Å². The summed E-state index contributed by atoms with van der Waals surface area (Å²) in [6.07, 6.45) is -4.52. The molecular formula is C52H54F6N6O7. The van der Waals surface area contributed by atoms with Gasteiger partial charge < -0.3 is 39.5 Å². The summed E-state index contributed by atoms with van der Waals surface area (Å²) in [5.41, 5.74) is 9.13. The van der Waals surface area contributed by atoms with E-state index in [1.807, 2.05) is 42.5 Å². The number of para-hydroxylation sites is 2. The molecule has 1 aliphatic heterocycles. The fraction of sp³-hybridized carbons (Fsp3) is 0.327. The van der Waals surface area contributed by atoms with Gasteiger partial charge in [0.05, 0.1) is 33.2 Å².